The molecule has 0 amide bonds. The van der Waals surface area contributed by atoms with E-state index in [9.17, 15) is 4.79 Å². The van der Waals surface area contributed by atoms with Crippen molar-refractivity contribution in [2.45, 2.75) is 69.2 Å². The molecule has 2 saturated carbocycles. The molecule has 20 heavy (non-hydrogen) atoms. The lowest BCUT2D eigenvalue weighted by atomic mass is 9.71. The summed E-state index contributed by atoms with van der Waals surface area (Å²) in [6.45, 7) is 0. The molecule has 0 saturated heterocycles. The van der Waals surface area contributed by atoms with Gasteiger partial charge in [0, 0.05) is 0 Å². The third kappa shape index (κ3) is 2.58. The second kappa shape index (κ2) is 5.93. The minimum Gasteiger partial charge on any atom is -0.211 e. The first-order valence-corrected chi connectivity index (χ1v) is 8.03. The number of hydrogen-bond acceptors (Lipinski definition) is 2. The van der Waals surface area contributed by atoms with Crippen molar-refractivity contribution >= 4 is 6.08 Å². The van der Waals surface area contributed by atoms with E-state index in [1.807, 2.05) is 0 Å². The van der Waals surface area contributed by atoms with Crippen LogP contribution in [-0.4, -0.2) is 6.08 Å². The van der Waals surface area contributed by atoms with Crippen molar-refractivity contribution in [2.75, 3.05) is 0 Å². The molecule has 0 N–H and O–H groups in total. The molecule has 0 heterocycles. The average Bonchev–Trinajstić information content (AvgIpc) is 2.72. The molecule has 3 rings (SSSR count). The summed E-state index contributed by atoms with van der Waals surface area (Å²) in [4.78, 5) is 14.9. The van der Waals surface area contributed by atoms with Crippen LogP contribution in [0.3, 0.4) is 0 Å². The second-order valence-electron chi connectivity index (χ2n) is 6.40. The number of carbonyl (C=O) groups excluding carboxylic acids is 1. The molecule has 0 aliphatic heterocycles. The van der Waals surface area contributed by atoms with Crippen LogP contribution in [0.2, 0.25) is 0 Å². The summed E-state index contributed by atoms with van der Waals surface area (Å²) >= 11 is 0. The molecule has 106 valence electrons. The molecular formula is C18H23NO. The molecule has 2 fully saturated rings. The van der Waals surface area contributed by atoms with Gasteiger partial charge in [-0.05, 0) is 49.1 Å². The average molecular weight is 269 g/mol. The van der Waals surface area contributed by atoms with Gasteiger partial charge in [-0.2, -0.15) is 4.99 Å². The van der Waals surface area contributed by atoms with Crippen molar-refractivity contribution in [2.24, 2.45) is 4.99 Å². The standard InChI is InChI=1S/C18H23NO/c20-14-19-18(11-6-12-18)17-10-5-9-16(13-17)15-7-3-1-2-4-8-15/h5,9-10,13,15H,1-4,6-8,11-12H2. The monoisotopic (exact) mass is 269 g/mol. The molecule has 0 bridgehead atoms. The highest BCUT2D eigenvalue weighted by Gasteiger charge is 2.39. The fraction of sp³-hybridized carbons (Fsp3) is 0.611. The maximum absolute atomic E-state index is 10.7. The minimum atomic E-state index is -0.248. The first kappa shape index (κ1) is 13.6. The van der Waals surface area contributed by atoms with Crippen LogP contribution in [0.1, 0.15) is 74.8 Å². The number of rotatable bonds is 3. The van der Waals surface area contributed by atoms with Crippen LogP contribution in [0.25, 0.3) is 0 Å². The molecule has 2 heteroatoms. The van der Waals surface area contributed by atoms with E-state index >= 15 is 0 Å². The van der Waals surface area contributed by atoms with Gasteiger partial charge in [0.1, 0.15) is 0 Å². The summed E-state index contributed by atoms with van der Waals surface area (Å²) in [5, 5.41) is 0. The van der Waals surface area contributed by atoms with E-state index in [4.69, 9.17) is 0 Å². The zero-order valence-corrected chi connectivity index (χ0v) is 12.1. The summed E-state index contributed by atoms with van der Waals surface area (Å²) < 4.78 is 0. The molecule has 2 aliphatic carbocycles. The summed E-state index contributed by atoms with van der Waals surface area (Å²) in [7, 11) is 0. The normalized spacial score (nSPS) is 22.4. The molecule has 2 aliphatic rings. The molecule has 2 nitrogen and oxygen atoms in total. The third-order valence-corrected chi connectivity index (χ3v) is 5.19. The fourth-order valence-electron chi connectivity index (χ4n) is 3.76. The van der Waals surface area contributed by atoms with Gasteiger partial charge in [-0.3, -0.25) is 0 Å². The lowest BCUT2D eigenvalue weighted by molar-refractivity contribution is 0.255. The molecule has 1 aromatic carbocycles. The Labute approximate surface area is 121 Å². The van der Waals surface area contributed by atoms with Crippen molar-refractivity contribution in [1.29, 1.82) is 0 Å². The maximum Gasteiger partial charge on any atom is 0.235 e. The Hall–Kier alpha value is -1.40. The van der Waals surface area contributed by atoms with Gasteiger partial charge in [0.15, 0.2) is 0 Å². The zero-order valence-electron chi connectivity index (χ0n) is 12.1. The number of benzene rings is 1. The van der Waals surface area contributed by atoms with Gasteiger partial charge in [-0.25, -0.2) is 4.79 Å². The Bertz CT molecular complexity index is 504. The lowest BCUT2D eigenvalue weighted by Gasteiger charge is -2.37. The van der Waals surface area contributed by atoms with E-state index < -0.39 is 0 Å². The topological polar surface area (TPSA) is 29.4 Å². The fourth-order valence-corrected chi connectivity index (χ4v) is 3.76. The van der Waals surface area contributed by atoms with E-state index in [0.29, 0.717) is 5.92 Å². The van der Waals surface area contributed by atoms with Gasteiger partial charge in [0.2, 0.25) is 6.08 Å². The Morgan fingerprint density at radius 3 is 2.40 bits per heavy atom. The Morgan fingerprint density at radius 2 is 1.80 bits per heavy atom. The second-order valence-corrected chi connectivity index (χ2v) is 6.40. The highest BCUT2D eigenvalue weighted by atomic mass is 16.1. The van der Waals surface area contributed by atoms with Gasteiger partial charge >= 0.3 is 0 Å². The van der Waals surface area contributed by atoms with E-state index in [0.717, 1.165) is 12.8 Å². The number of hydrogen-bond donors (Lipinski definition) is 0. The first-order chi connectivity index (χ1) is 9.84. The van der Waals surface area contributed by atoms with Crippen LogP contribution in [-0.2, 0) is 10.3 Å². The SMILES string of the molecule is O=C=NC1(c2cccc(C3CCCCCC3)c2)CCC1. The molecule has 0 radical (unpaired) electrons. The number of nitrogens with zero attached hydrogens (tertiary/aromatic N) is 1. The zero-order chi connectivity index (χ0) is 13.8. The minimum absolute atomic E-state index is 0.248. The van der Waals surface area contributed by atoms with Gasteiger partial charge in [0.05, 0.1) is 5.54 Å². The predicted molar refractivity (Wildman–Crippen MR) is 80.5 cm³/mol. The van der Waals surface area contributed by atoms with Gasteiger partial charge < -0.3 is 0 Å². The Balaban J connectivity index is 1.87. The van der Waals surface area contributed by atoms with Crippen molar-refractivity contribution in [3.8, 4) is 0 Å². The molecule has 0 atom stereocenters. The predicted octanol–water partition coefficient (Wildman–Crippen LogP) is 4.84. The third-order valence-electron chi connectivity index (χ3n) is 5.19. The Kier molecular flexibility index (Phi) is 4.03. The molecule has 0 spiro atoms. The summed E-state index contributed by atoms with van der Waals surface area (Å²) in [6.07, 6.45) is 13.1. The van der Waals surface area contributed by atoms with E-state index in [2.05, 4.69) is 29.3 Å². The number of aliphatic imine (C=N–C) groups is 1. The largest absolute Gasteiger partial charge is 0.235 e. The van der Waals surface area contributed by atoms with Crippen LogP contribution in [0.4, 0.5) is 0 Å². The van der Waals surface area contributed by atoms with Gasteiger partial charge in [0.25, 0.3) is 0 Å². The summed E-state index contributed by atoms with van der Waals surface area (Å²) in [6, 6.07) is 8.86. The van der Waals surface area contributed by atoms with Crippen molar-refractivity contribution in [3.05, 3.63) is 35.4 Å². The van der Waals surface area contributed by atoms with Crippen molar-refractivity contribution < 1.29 is 4.79 Å². The van der Waals surface area contributed by atoms with Crippen LogP contribution in [0.5, 0.6) is 0 Å². The van der Waals surface area contributed by atoms with Crippen LogP contribution >= 0.6 is 0 Å². The van der Waals surface area contributed by atoms with Crippen LogP contribution < -0.4 is 0 Å². The van der Waals surface area contributed by atoms with Gasteiger partial charge in [-0.15, -0.1) is 0 Å². The highest BCUT2D eigenvalue weighted by Crippen LogP contribution is 2.45. The van der Waals surface area contributed by atoms with Gasteiger partial charge in [-0.1, -0.05) is 49.9 Å². The summed E-state index contributed by atoms with van der Waals surface area (Å²) in [5.41, 5.74) is 2.44. The van der Waals surface area contributed by atoms with E-state index in [1.54, 1.807) is 6.08 Å². The Morgan fingerprint density at radius 1 is 1.05 bits per heavy atom. The number of isocyanates is 1. The van der Waals surface area contributed by atoms with Crippen LogP contribution in [0, 0.1) is 0 Å². The van der Waals surface area contributed by atoms with E-state index in [-0.39, 0.29) is 5.54 Å². The molecule has 1 aromatic rings. The lowest BCUT2D eigenvalue weighted by Crippen LogP contribution is -2.32. The molecular weight excluding hydrogens is 246 g/mol. The first-order valence-electron chi connectivity index (χ1n) is 8.03. The molecule has 0 aromatic heterocycles. The molecule has 0 unspecified atom stereocenters. The highest BCUT2D eigenvalue weighted by molar-refractivity contribution is 5.41. The quantitative estimate of drug-likeness (QED) is 0.438. The maximum atomic E-state index is 10.7. The summed E-state index contributed by atoms with van der Waals surface area (Å²) in [5.74, 6) is 0.704. The van der Waals surface area contributed by atoms with Crippen molar-refractivity contribution in [3.63, 3.8) is 0 Å². The smallest absolute Gasteiger partial charge is 0.211 e. The van der Waals surface area contributed by atoms with E-state index in [1.165, 1.54) is 56.1 Å². The van der Waals surface area contributed by atoms with Crippen molar-refractivity contribution in [1.82, 2.24) is 0 Å². The van der Waals surface area contributed by atoms with Crippen LogP contribution in [0.15, 0.2) is 29.3 Å².